The fourth-order valence-electron chi connectivity index (χ4n) is 3.40. The van der Waals surface area contributed by atoms with Crippen LogP contribution in [0.4, 0.5) is 30.2 Å². The molecule has 1 aliphatic heterocycles. The summed E-state index contributed by atoms with van der Waals surface area (Å²) in [6, 6.07) is 12.7. The smallest absolute Gasteiger partial charge is 0.490 e. The molecule has 2 aromatic rings. The molecule has 1 fully saturated rings. The largest absolute Gasteiger partial charge is 0.492 e. The standard InChI is InChI=1S/C20H25N3O5S.C2HF3O2/c1-3-28-19-7-5-4-6-18(19)23-12-10-22(11-13-23)15-8-9-17(21-29(2,26)27)16(14-15)20(24)25;3-2(4,5)1(6)7/h4-9,14,21H,3,10-13H2,1-2H3,(H,24,25);(H,6,7). The van der Waals surface area contributed by atoms with Gasteiger partial charge in [0.05, 0.1) is 29.8 Å². The molecule has 0 saturated carbocycles. The summed E-state index contributed by atoms with van der Waals surface area (Å²) in [5.41, 5.74) is 1.79. The van der Waals surface area contributed by atoms with Crippen LogP contribution in [-0.4, -0.2) is 75.8 Å². The predicted octanol–water partition coefficient (Wildman–Crippen LogP) is 3.11. The van der Waals surface area contributed by atoms with Gasteiger partial charge in [0.15, 0.2) is 0 Å². The Hall–Kier alpha value is -3.68. The van der Waals surface area contributed by atoms with Crippen LogP contribution in [0.15, 0.2) is 42.5 Å². The second kappa shape index (κ2) is 11.8. The quantitative estimate of drug-likeness (QED) is 0.490. The van der Waals surface area contributed by atoms with Crippen molar-refractivity contribution < 1.29 is 46.1 Å². The monoisotopic (exact) mass is 533 g/mol. The molecule has 0 spiro atoms. The second-order valence-corrected chi connectivity index (χ2v) is 9.34. The Bertz CT molecular complexity index is 1180. The molecule has 0 aromatic heterocycles. The molecule has 0 unspecified atom stereocenters. The molecule has 36 heavy (non-hydrogen) atoms. The normalized spacial score (nSPS) is 13.9. The molecule has 0 atom stereocenters. The molecule has 1 aliphatic rings. The molecule has 1 heterocycles. The summed E-state index contributed by atoms with van der Waals surface area (Å²) in [7, 11) is -3.56. The molecule has 14 heteroatoms. The fraction of sp³-hybridized carbons (Fsp3) is 0.364. The summed E-state index contributed by atoms with van der Waals surface area (Å²) in [5.74, 6) is -3.08. The molecule has 1 saturated heterocycles. The highest BCUT2D eigenvalue weighted by Crippen LogP contribution is 2.30. The zero-order valence-electron chi connectivity index (χ0n) is 19.4. The molecule has 10 nitrogen and oxygen atoms in total. The van der Waals surface area contributed by atoms with E-state index in [1.165, 1.54) is 12.1 Å². The topological polar surface area (TPSA) is 136 Å². The molecular weight excluding hydrogens is 507 g/mol. The third kappa shape index (κ3) is 8.22. The van der Waals surface area contributed by atoms with Crippen molar-refractivity contribution in [3.63, 3.8) is 0 Å². The van der Waals surface area contributed by atoms with Crippen molar-refractivity contribution in [1.82, 2.24) is 0 Å². The van der Waals surface area contributed by atoms with Gasteiger partial charge in [0.25, 0.3) is 0 Å². The lowest BCUT2D eigenvalue weighted by Crippen LogP contribution is -2.46. The van der Waals surface area contributed by atoms with E-state index in [1.807, 2.05) is 31.2 Å². The highest BCUT2D eigenvalue weighted by Gasteiger charge is 2.38. The minimum Gasteiger partial charge on any atom is -0.492 e. The van der Waals surface area contributed by atoms with Gasteiger partial charge in [-0.1, -0.05) is 12.1 Å². The van der Waals surface area contributed by atoms with Crippen LogP contribution in [0, 0.1) is 0 Å². The number of nitrogens with one attached hydrogen (secondary N) is 1. The molecular formula is C22H26F3N3O7S. The highest BCUT2D eigenvalue weighted by atomic mass is 32.2. The maximum atomic E-state index is 11.6. The van der Waals surface area contributed by atoms with E-state index in [4.69, 9.17) is 14.6 Å². The summed E-state index contributed by atoms with van der Waals surface area (Å²) < 4.78 is 62.7. The van der Waals surface area contributed by atoms with E-state index in [0.717, 1.165) is 36.5 Å². The number of halogens is 3. The molecule has 3 rings (SSSR count). The average Bonchev–Trinajstić information content (AvgIpc) is 2.79. The predicted molar refractivity (Wildman–Crippen MR) is 128 cm³/mol. The van der Waals surface area contributed by atoms with Crippen molar-refractivity contribution >= 4 is 39.0 Å². The van der Waals surface area contributed by atoms with E-state index in [0.29, 0.717) is 19.7 Å². The lowest BCUT2D eigenvalue weighted by atomic mass is 10.1. The van der Waals surface area contributed by atoms with Gasteiger partial charge in [0, 0.05) is 31.9 Å². The van der Waals surface area contributed by atoms with Gasteiger partial charge in [-0.15, -0.1) is 0 Å². The summed E-state index contributed by atoms with van der Waals surface area (Å²) >= 11 is 0. The van der Waals surface area contributed by atoms with Gasteiger partial charge >= 0.3 is 18.1 Å². The Labute approximate surface area is 205 Å². The van der Waals surface area contributed by atoms with Crippen molar-refractivity contribution in [3.05, 3.63) is 48.0 Å². The number of nitrogens with zero attached hydrogens (tertiary/aromatic N) is 2. The number of alkyl halides is 3. The Morgan fingerprint density at radius 1 is 1.03 bits per heavy atom. The zero-order chi connectivity index (χ0) is 27.1. The van der Waals surface area contributed by atoms with E-state index < -0.39 is 28.1 Å². The van der Waals surface area contributed by atoms with Gasteiger partial charge in [0.2, 0.25) is 10.0 Å². The Morgan fingerprint density at radius 3 is 2.08 bits per heavy atom. The SMILES string of the molecule is CCOc1ccccc1N1CCN(c2ccc(NS(C)(=O)=O)c(C(=O)O)c2)CC1.O=C(O)C(F)(F)F. The number of ether oxygens (including phenoxy) is 1. The first-order valence-corrected chi connectivity index (χ1v) is 12.5. The fourth-order valence-corrected chi connectivity index (χ4v) is 3.97. The van der Waals surface area contributed by atoms with Gasteiger partial charge in [0.1, 0.15) is 5.75 Å². The van der Waals surface area contributed by atoms with Crippen molar-refractivity contribution in [3.8, 4) is 5.75 Å². The number of hydrogen-bond donors (Lipinski definition) is 3. The Kier molecular flexibility index (Phi) is 9.39. The van der Waals surface area contributed by atoms with Crippen LogP contribution in [-0.2, 0) is 14.8 Å². The van der Waals surface area contributed by atoms with Gasteiger partial charge < -0.3 is 24.7 Å². The van der Waals surface area contributed by atoms with E-state index in [9.17, 15) is 31.5 Å². The molecule has 3 N–H and O–H groups in total. The second-order valence-electron chi connectivity index (χ2n) is 7.59. The lowest BCUT2D eigenvalue weighted by Gasteiger charge is -2.38. The van der Waals surface area contributed by atoms with Crippen molar-refractivity contribution in [1.29, 1.82) is 0 Å². The lowest BCUT2D eigenvalue weighted by molar-refractivity contribution is -0.192. The summed E-state index contributed by atoms with van der Waals surface area (Å²) in [5, 5.41) is 16.6. The van der Waals surface area contributed by atoms with Gasteiger partial charge in [-0.3, -0.25) is 4.72 Å². The number of carbonyl (C=O) groups is 2. The van der Waals surface area contributed by atoms with Crippen LogP contribution in [0.3, 0.4) is 0 Å². The van der Waals surface area contributed by atoms with E-state index in [-0.39, 0.29) is 11.3 Å². The molecule has 198 valence electrons. The van der Waals surface area contributed by atoms with Crippen molar-refractivity contribution in [2.75, 3.05) is 53.6 Å². The number of sulfonamides is 1. The maximum Gasteiger partial charge on any atom is 0.490 e. The first-order valence-electron chi connectivity index (χ1n) is 10.6. The van der Waals surface area contributed by atoms with E-state index in [2.05, 4.69) is 14.5 Å². The number of rotatable bonds is 7. The van der Waals surface area contributed by atoms with Gasteiger partial charge in [-0.2, -0.15) is 13.2 Å². The Morgan fingerprint density at radius 2 is 1.58 bits per heavy atom. The number of carboxylic acid groups (broad SMARTS) is 2. The Balaban J connectivity index is 0.000000572. The number of aliphatic carboxylic acids is 1. The molecule has 0 bridgehead atoms. The first kappa shape index (κ1) is 28.6. The van der Waals surface area contributed by atoms with Crippen molar-refractivity contribution in [2.24, 2.45) is 0 Å². The van der Waals surface area contributed by atoms with Crippen LogP contribution in [0.25, 0.3) is 0 Å². The number of aromatic carboxylic acids is 1. The van der Waals surface area contributed by atoms with Crippen LogP contribution in [0.2, 0.25) is 0 Å². The summed E-state index contributed by atoms with van der Waals surface area (Å²) in [6.07, 6.45) is -4.09. The third-order valence-electron chi connectivity index (χ3n) is 4.92. The third-order valence-corrected chi connectivity index (χ3v) is 5.51. The minimum atomic E-state index is -5.08. The number of anilines is 3. The van der Waals surface area contributed by atoms with Gasteiger partial charge in [-0.25, -0.2) is 18.0 Å². The first-order chi connectivity index (χ1) is 16.7. The van der Waals surface area contributed by atoms with Gasteiger partial charge in [-0.05, 0) is 37.3 Å². The van der Waals surface area contributed by atoms with Crippen LogP contribution < -0.4 is 19.3 Å². The number of hydrogen-bond acceptors (Lipinski definition) is 7. The number of piperazine rings is 1. The van der Waals surface area contributed by atoms with Crippen LogP contribution >= 0.6 is 0 Å². The average molecular weight is 534 g/mol. The molecule has 2 aromatic carbocycles. The minimum absolute atomic E-state index is 0.0630. The van der Waals surface area contributed by atoms with E-state index >= 15 is 0 Å². The van der Waals surface area contributed by atoms with Crippen molar-refractivity contribution in [2.45, 2.75) is 13.1 Å². The number of para-hydroxylation sites is 2. The molecule has 0 radical (unpaired) electrons. The number of carboxylic acids is 2. The highest BCUT2D eigenvalue weighted by molar-refractivity contribution is 7.92. The van der Waals surface area contributed by atoms with Crippen LogP contribution in [0.1, 0.15) is 17.3 Å². The zero-order valence-corrected chi connectivity index (χ0v) is 20.3. The molecule has 0 amide bonds. The number of benzene rings is 2. The molecule has 0 aliphatic carbocycles. The maximum absolute atomic E-state index is 11.6. The summed E-state index contributed by atoms with van der Waals surface area (Å²) in [4.78, 5) is 24.8. The van der Waals surface area contributed by atoms with E-state index in [1.54, 1.807) is 6.07 Å². The van der Waals surface area contributed by atoms with Crippen LogP contribution in [0.5, 0.6) is 5.75 Å². The summed E-state index contributed by atoms with van der Waals surface area (Å²) in [6.45, 7) is 5.49.